The van der Waals surface area contributed by atoms with Crippen LogP contribution in [0.4, 0.5) is 0 Å². The Kier molecular flexibility index (Phi) is 5.25. The first-order chi connectivity index (χ1) is 6.17. The zero-order valence-electron chi connectivity index (χ0n) is 7.98. The Bertz CT molecular complexity index is 321. The lowest BCUT2D eigenvalue weighted by atomic mass is 10.5. The van der Waals surface area contributed by atoms with Crippen LogP contribution in [0.15, 0.2) is 29.4 Å². The van der Waals surface area contributed by atoms with Gasteiger partial charge in [-0.25, -0.2) is 18.1 Å². The summed E-state index contributed by atoms with van der Waals surface area (Å²) >= 11 is 0. The Hall–Kier alpha value is -0.940. The van der Waals surface area contributed by atoms with Gasteiger partial charge >= 0.3 is 0 Å². The second kappa shape index (κ2) is 5.66. The number of rotatable bonds is 2. The molecule has 0 atom stereocenters. The van der Waals surface area contributed by atoms with Crippen molar-refractivity contribution in [2.24, 2.45) is 0 Å². The molecule has 0 radical (unpaired) electrons. The van der Waals surface area contributed by atoms with Crippen LogP contribution in [0.5, 0.6) is 0 Å². The largest absolute Gasteiger partial charge is 0.257 e. The Morgan fingerprint density at radius 2 is 1.92 bits per heavy atom. The van der Waals surface area contributed by atoms with E-state index in [-0.39, 0.29) is 5.03 Å². The SMILES string of the molecule is CC.CNS(=O)(=O)c1ccccn1. The molecule has 1 rings (SSSR count). The van der Waals surface area contributed by atoms with Crippen LogP contribution in [-0.4, -0.2) is 20.4 Å². The van der Waals surface area contributed by atoms with Gasteiger partial charge in [0.05, 0.1) is 0 Å². The summed E-state index contributed by atoms with van der Waals surface area (Å²) in [6, 6.07) is 4.72. The van der Waals surface area contributed by atoms with Crippen LogP contribution in [-0.2, 0) is 10.0 Å². The number of nitrogens with one attached hydrogen (secondary N) is 1. The molecule has 0 spiro atoms. The van der Waals surface area contributed by atoms with E-state index in [0.717, 1.165) is 0 Å². The maximum Gasteiger partial charge on any atom is 0.257 e. The molecule has 0 aromatic carbocycles. The van der Waals surface area contributed by atoms with Crippen LogP contribution in [0.25, 0.3) is 0 Å². The van der Waals surface area contributed by atoms with Crippen LogP contribution in [0.3, 0.4) is 0 Å². The lowest BCUT2D eigenvalue weighted by Gasteiger charge is -1.98. The monoisotopic (exact) mass is 202 g/mol. The average molecular weight is 202 g/mol. The first kappa shape index (κ1) is 12.1. The van der Waals surface area contributed by atoms with Crippen LogP contribution >= 0.6 is 0 Å². The van der Waals surface area contributed by atoms with Crippen LogP contribution < -0.4 is 4.72 Å². The van der Waals surface area contributed by atoms with Gasteiger partial charge in [-0.05, 0) is 19.2 Å². The van der Waals surface area contributed by atoms with Gasteiger partial charge in [-0.1, -0.05) is 19.9 Å². The molecule has 0 bridgehead atoms. The van der Waals surface area contributed by atoms with Gasteiger partial charge in [0.15, 0.2) is 5.03 Å². The third-order valence-electron chi connectivity index (χ3n) is 1.18. The highest BCUT2D eigenvalue weighted by Crippen LogP contribution is 2.00. The lowest BCUT2D eigenvalue weighted by Crippen LogP contribution is -2.19. The highest BCUT2D eigenvalue weighted by Gasteiger charge is 2.10. The summed E-state index contributed by atoms with van der Waals surface area (Å²) in [7, 11) is -2.01. The number of hydrogen-bond acceptors (Lipinski definition) is 3. The maximum absolute atomic E-state index is 11.0. The van der Waals surface area contributed by atoms with Gasteiger partial charge in [-0.15, -0.1) is 0 Å². The Morgan fingerprint density at radius 1 is 1.31 bits per heavy atom. The standard InChI is InChI=1S/C6H8N2O2S.C2H6/c1-7-11(9,10)6-4-2-3-5-8-6;1-2/h2-5,7H,1H3;1-2H3. The zero-order chi connectivity index (χ0) is 10.3. The first-order valence-corrected chi connectivity index (χ1v) is 5.50. The Balaban J connectivity index is 0.000000671. The van der Waals surface area contributed by atoms with E-state index < -0.39 is 10.0 Å². The van der Waals surface area contributed by atoms with Crippen molar-refractivity contribution < 1.29 is 8.42 Å². The number of hydrogen-bond donors (Lipinski definition) is 1. The molecule has 4 nitrogen and oxygen atoms in total. The molecule has 0 unspecified atom stereocenters. The van der Waals surface area contributed by atoms with Gasteiger partial charge in [0, 0.05) is 6.20 Å². The summed E-state index contributed by atoms with van der Waals surface area (Å²) in [4.78, 5) is 3.67. The van der Waals surface area contributed by atoms with Crippen molar-refractivity contribution in [1.82, 2.24) is 9.71 Å². The molecule has 0 aliphatic carbocycles. The zero-order valence-corrected chi connectivity index (χ0v) is 8.80. The molecule has 5 heteroatoms. The van der Waals surface area contributed by atoms with E-state index >= 15 is 0 Å². The molecule has 0 aliphatic heterocycles. The highest BCUT2D eigenvalue weighted by molar-refractivity contribution is 7.89. The quantitative estimate of drug-likeness (QED) is 0.778. The summed E-state index contributed by atoms with van der Waals surface area (Å²) in [5.74, 6) is 0. The second-order valence-electron chi connectivity index (χ2n) is 1.88. The minimum absolute atomic E-state index is 0.0440. The Labute approximate surface area is 79.1 Å². The summed E-state index contributed by atoms with van der Waals surface area (Å²) < 4.78 is 24.2. The van der Waals surface area contributed by atoms with Gasteiger partial charge < -0.3 is 0 Å². The predicted octanol–water partition coefficient (Wildman–Crippen LogP) is 1.02. The molecule has 1 heterocycles. The smallest absolute Gasteiger partial charge is 0.243 e. The van der Waals surface area contributed by atoms with E-state index in [9.17, 15) is 8.42 Å². The molecule has 1 aromatic heterocycles. The minimum Gasteiger partial charge on any atom is -0.243 e. The molecule has 0 aliphatic rings. The topological polar surface area (TPSA) is 59.1 Å². The third kappa shape index (κ3) is 3.52. The van der Waals surface area contributed by atoms with Gasteiger partial charge in [0.1, 0.15) is 0 Å². The number of aromatic nitrogens is 1. The molecule has 1 N–H and O–H groups in total. The summed E-state index contributed by atoms with van der Waals surface area (Å²) in [6.45, 7) is 4.00. The van der Waals surface area contributed by atoms with E-state index in [1.807, 2.05) is 13.8 Å². The minimum atomic E-state index is -3.36. The third-order valence-corrected chi connectivity index (χ3v) is 2.51. The van der Waals surface area contributed by atoms with Crippen molar-refractivity contribution in [3.05, 3.63) is 24.4 Å². The van der Waals surface area contributed by atoms with E-state index in [2.05, 4.69) is 9.71 Å². The van der Waals surface area contributed by atoms with E-state index in [1.165, 1.54) is 19.3 Å². The molecule has 0 saturated heterocycles. The highest BCUT2D eigenvalue weighted by atomic mass is 32.2. The molecule has 0 amide bonds. The molecule has 74 valence electrons. The second-order valence-corrected chi connectivity index (χ2v) is 3.71. The van der Waals surface area contributed by atoms with Crippen LogP contribution in [0.1, 0.15) is 13.8 Å². The normalized spacial score (nSPS) is 10.1. The first-order valence-electron chi connectivity index (χ1n) is 4.01. The molecular formula is C8H14N2O2S. The van der Waals surface area contributed by atoms with Gasteiger partial charge in [-0.3, -0.25) is 0 Å². The van der Waals surface area contributed by atoms with E-state index in [0.29, 0.717) is 0 Å². The molecule has 0 fully saturated rings. The van der Waals surface area contributed by atoms with Gasteiger partial charge in [0.2, 0.25) is 0 Å². The number of sulfonamides is 1. The molecule has 1 aromatic rings. The van der Waals surface area contributed by atoms with Crippen LogP contribution in [0.2, 0.25) is 0 Å². The molecule has 0 saturated carbocycles. The summed E-state index contributed by atoms with van der Waals surface area (Å²) in [6.07, 6.45) is 1.43. The van der Waals surface area contributed by atoms with Crippen molar-refractivity contribution in [1.29, 1.82) is 0 Å². The molecular weight excluding hydrogens is 188 g/mol. The van der Waals surface area contributed by atoms with Gasteiger partial charge in [0.25, 0.3) is 10.0 Å². The fourth-order valence-corrected chi connectivity index (χ4v) is 1.28. The van der Waals surface area contributed by atoms with E-state index in [1.54, 1.807) is 12.1 Å². The van der Waals surface area contributed by atoms with Crippen molar-refractivity contribution in [3.63, 3.8) is 0 Å². The number of nitrogens with zero attached hydrogens (tertiary/aromatic N) is 1. The number of pyridine rings is 1. The maximum atomic E-state index is 11.0. The van der Waals surface area contributed by atoms with Crippen molar-refractivity contribution in [3.8, 4) is 0 Å². The van der Waals surface area contributed by atoms with Crippen molar-refractivity contribution in [2.45, 2.75) is 18.9 Å². The predicted molar refractivity (Wildman–Crippen MR) is 51.8 cm³/mol. The van der Waals surface area contributed by atoms with Crippen molar-refractivity contribution in [2.75, 3.05) is 7.05 Å². The van der Waals surface area contributed by atoms with Crippen molar-refractivity contribution >= 4 is 10.0 Å². The van der Waals surface area contributed by atoms with E-state index in [4.69, 9.17) is 0 Å². The Morgan fingerprint density at radius 3 is 2.31 bits per heavy atom. The average Bonchev–Trinajstić information content (AvgIpc) is 2.22. The molecule has 13 heavy (non-hydrogen) atoms. The lowest BCUT2D eigenvalue weighted by molar-refractivity contribution is 0.584. The summed E-state index contributed by atoms with van der Waals surface area (Å²) in [5, 5.41) is 0.0440. The summed E-state index contributed by atoms with van der Waals surface area (Å²) in [5.41, 5.74) is 0. The fraction of sp³-hybridized carbons (Fsp3) is 0.375. The van der Waals surface area contributed by atoms with Gasteiger partial charge in [-0.2, -0.15) is 0 Å². The fourth-order valence-electron chi connectivity index (χ4n) is 0.611. The van der Waals surface area contributed by atoms with Crippen LogP contribution in [0, 0.1) is 0 Å².